The zero-order valence-electron chi connectivity index (χ0n) is 18.8. The van der Waals surface area contributed by atoms with Gasteiger partial charge >= 0.3 is 0 Å². The Hall–Kier alpha value is -3.46. The van der Waals surface area contributed by atoms with Gasteiger partial charge in [-0.3, -0.25) is 9.59 Å². The highest BCUT2D eigenvalue weighted by Crippen LogP contribution is 2.27. The van der Waals surface area contributed by atoms with Crippen LogP contribution < -0.4 is 5.32 Å². The molecular formula is C23H29N7O2. The number of amides is 2. The summed E-state index contributed by atoms with van der Waals surface area (Å²) in [6, 6.07) is 7.98. The molecule has 0 saturated carbocycles. The van der Waals surface area contributed by atoms with E-state index in [1.165, 1.54) is 4.90 Å². The first-order valence-corrected chi connectivity index (χ1v) is 10.7. The van der Waals surface area contributed by atoms with Gasteiger partial charge in [0.2, 0.25) is 11.8 Å². The topological polar surface area (TPSA) is 97.5 Å². The summed E-state index contributed by atoms with van der Waals surface area (Å²) in [6.07, 6.45) is 4.45. The SMILES string of the molecule is CN1CCN(C)C(=O)CN(C)C(=O)CCc2cccc(c2)Nc2ncnc3[nH]cc(c23)C1. The summed E-state index contributed by atoms with van der Waals surface area (Å²) in [5.74, 6) is 0.628. The van der Waals surface area contributed by atoms with Gasteiger partial charge in [-0.1, -0.05) is 12.1 Å². The smallest absolute Gasteiger partial charge is 0.241 e. The van der Waals surface area contributed by atoms with E-state index in [2.05, 4.69) is 25.2 Å². The second-order valence-corrected chi connectivity index (χ2v) is 8.39. The average Bonchev–Trinajstić information content (AvgIpc) is 3.19. The van der Waals surface area contributed by atoms with Gasteiger partial charge in [0.1, 0.15) is 17.8 Å². The first kappa shape index (κ1) is 21.8. The number of H-pyrrole nitrogens is 1. The molecule has 9 heteroatoms. The van der Waals surface area contributed by atoms with Crippen LogP contribution in [0, 0.1) is 0 Å². The number of carbonyl (C=O) groups is 2. The summed E-state index contributed by atoms with van der Waals surface area (Å²) in [7, 11) is 5.48. The molecule has 2 amide bonds. The van der Waals surface area contributed by atoms with E-state index in [0.717, 1.165) is 33.7 Å². The number of aromatic amines is 1. The molecule has 0 saturated heterocycles. The lowest BCUT2D eigenvalue weighted by molar-refractivity contribution is -0.138. The van der Waals surface area contributed by atoms with Gasteiger partial charge < -0.3 is 25.0 Å². The number of carbonyl (C=O) groups excluding carboxylic acids is 2. The molecule has 32 heavy (non-hydrogen) atoms. The number of anilines is 2. The van der Waals surface area contributed by atoms with Gasteiger partial charge in [-0.2, -0.15) is 0 Å². The Labute approximate surface area is 187 Å². The van der Waals surface area contributed by atoms with E-state index >= 15 is 0 Å². The number of benzene rings is 1. The molecule has 2 bridgehead atoms. The van der Waals surface area contributed by atoms with Crippen molar-refractivity contribution < 1.29 is 9.59 Å². The highest BCUT2D eigenvalue weighted by molar-refractivity contribution is 5.92. The van der Waals surface area contributed by atoms with Crippen LogP contribution in [0.15, 0.2) is 36.8 Å². The van der Waals surface area contributed by atoms with Gasteiger partial charge in [0.15, 0.2) is 0 Å². The van der Waals surface area contributed by atoms with Crippen molar-refractivity contribution in [2.45, 2.75) is 19.4 Å². The maximum Gasteiger partial charge on any atom is 0.241 e. The van der Waals surface area contributed by atoms with Crippen LogP contribution in [-0.2, 0) is 22.6 Å². The molecule has 0 unspecified atom stereocenters. The van der Waals surface area contributed by atoms with Crippen molar-refractivity contribution in [2.75, 3.05) is 46.1 Å². The van der Waals surface area contributed by atoms with Crippen molar-refractivity contribution in [1.29, 1.82) is 0 Å². The Morgan fingerprint density at radius 3 is 2.62 bits per heavy atom. The Bertz CT molecular complexity index is 1130. The van der Waals surface area contributed by atoms with E-state index in [0.29, 0.717) is 32.5 Å². The molecule has 2 aromatic heterocycles. The fourth-order valence-corrected chi connectivity index (χ4v) is 3.86. The minimum absolute atomic E-state index is 0.0437. The van der Waals surface area contributed by atoms with Gasteiger partial charge in [0.05, 0.1) is 11.9 Å². The van der Waals surface area contributed by atoms with Gasteiger partial charge in [0.25, 0.3) is 0 Å². The van der Waals surface area contributed by atoms with Crippen LogP contribution in [-0.4, -0.2) is 82.2 Å². The Kier molecular flexibility index (Phi) is 6.36. The van der Waals surface area contributed by atoms with E-state index in [9.17, 15) is 9.59 Å². The van der Waals surface area contributed by atoms with Gasteiger partial charge in [-0.25, -0.2) is 9.97 Å². The van der Waals surface area contributed by atoms with E-state index in [4.69, 9.17) is 0 Å². The molecule has 0 fully saturated rings. The molecular weight excluding hydrogens is 406 g/mol. The van der Waals surface area contributed by atoms with Crippen LogP contribution in [0.4, 0.5) is 11.5 Å². The molecule has 0 aliphatic carbocycles. The maximum absolute atomic E-state index is 12.6. The average molecular weight is 436 g/mol. The summed E-state index contributed by atoms with van der Waals surface area (Å²) in [4.78, 5) is 42.6. The lowest BCUT2D eigenvalue weighted by atomic mass is 10.1. The number of aryl methyl sites for hydroxylation is 1. The molecule has 1 aliphatic rings. The fraction of sp³-hybridized carbons (Fsp3) is 0.391. The number of nitrogens with one attached hydrogen (secondary N) is 2. The predicted molar refractivity (Wildman–Crippen MR) is 124 cm³/mol. The third-order valence-corrected chi connectivity index (χ3v) is 5.85. The summed E-state index contributed by atoms with van der Waals surface area (Å²) >= 11 is 0. The van der Waals surface area contributed by atoms with Crippen molar-refractivity contribution in [2.24, 2.45) is 0 Å². The summed E-state index contributed by atoms with van der Waals surface area (Å²) in [5, 5.41) is 4.38. The fourth-order valence-electron chi connectivity index (χ4n) is 3.86. The normalized spacial score (nSPS) is 17.2. The third kappa shape index (κ3) is 4.88. The largest absolute Gasteiger partial charge is 0.346 e. The molecule has 3 heterocycles. The van der Waals surface area contributed by atoms with Gasteiger partial charge in [-0.15, -0.1) is 0 Å². The number of aromatic nitrogens is 3. The standard InChI is InChI=1S/C23H29N7O2/c1-28-9-10-29(2)20(32)14-30(3)19(31)8-7-16-5-4-6-18(11-16)27-23-21-17(13-28)12-24-22(21)25-15-26-23/h4-6,11-12,15H,7-10,13-14H2,1-3H3,(H2,24,25,26,27). The quantitative estimate of drug-likeness (QED) is 0.561. The van der Waals surface area contributed by atoms with Crippen LogP contribution in [0.3, 0.4) is 0 Å². The zero-order chi connectivity index (χ0) is 22.7. The lowest BCUT2D eigenvalue weighted by Crippen LogP contribution is -2.41. The molecule has 4 rings (SSSR count). The molecule has 1 aliphatic heterocycles. The highest BCUT2D eigenvalue weighted by atomic mass is 16.2. The minimum Gasteiger partial charge on any atom is -0.346 e. The number of rotatable bonds is 0. The summed E-state index contributed by atoms with van der Waals surface area (Å²) in [6.45, 7) is 2.04. The van der Waals surface area contributed by atoms with Crippen molar-refractivity contribution >= 4 is 34.4 Å². The van der Waals surface area contributed by atoms with E-state index < -0.39 is 0 Å². The monoisotopic (exact) mass is 435 g/mol. The van der Waals surface area contributed by atoms with Crippen LogP contribution in [0.25, 0.3) is 11.0 Å². The zero-order valence-corrected chi connectivity index (χ0v) is 18.8. The van der Waals surface area contributed by atoms with Crippen molar-refractivity contribution in [3.8, 4) is 0 Å². The minimum atomic E-state index is -0.0654. The Morgan fingerprint density at radius 2 is 1.78 bits per heavy atom. The molecule has 0 spiro atoms. The van der Waals surface area contributed by atoms with Crippen LogP contribution in [0.2, 0.25) is 0 Å². The molecule has 3 aromatic rings. The van der Waals surface area contributed by atoms with Gasteiger partial charge in [-0.05, 0) is 36.7 Å². The summed E-state index contributed by atoms with van der Waals surface area (Å²) in [5.41, 5.74) is 3.81. The number of fused-ring (bicyclic) bond motifs is 2. The second-order valence-electron chi connectivity index (χ2n) is 8.39. The van der Waals surface area contributed by atoms with Gasteiger partial charge in [0, 0.05) is 52.0 Å². The number of nitrogens with zero attached hydrogens (tertiary/aromatic N) is 5. The van der Waals surface area contributed by atoms with E-state index in [1.54, 1.807) is 25.3 Å². The molecule has 168 valence electrons. The highest BCUT2D eigenvalue weighted by Gasteiger charge is 2.18. The number of hydrogen-bond acceptors (Lipinski definition) is 6. The lowest BCUT2D eigenvalue weighted by Gasteiger charge is -2.25. The number of hydrogen-bond donors (Lipinski definition) is 2. The molecule has 1 aromatic carbocycles. The van der Waals surface area contributed by atoms with Crippen LogP contribution in [0.5, 0.6) is 0 Å². The summed E-state index contributed by atoms with van der Waals surface area (Å²) < 4.78 is 0. The molecule has 0 atom stereocenters. The molecule has 2 N–H and O–H groups in total. The van der Waals surface area contributed by atoms with E-state index in [1.807, 2.05) is 37.5 Å². The maximum atomic E-state index is 12.6. The van der Waals surface area contributed by atoms with Crippen LogP contribution in [0.1, 0.15) is 17.5 Å². The third-order valence-electron chi connectivity index (χ3n) is 5.85. The van der Waals surface area contributed by atoms with E-state index in [-0.39, 0.29) is 18.4 Å². The number of likely N-dealkylation sites (N-methyl/N-ethyl adjacent to an activating group) is 3. The Morgan fingerprint density at radius 1 is 0.938 bits per heavy atom. The Balaban J connectivity index is 1.67. The first-order valence-electron chi connectivity index (χ1n) is 10.7. The first-order chi connectivity index (χ1) is 15.4. The predicted octanol–water partition coefficient (Wildman–Crippen LogP) is 2.00. The van der Waals surface area contributed by atoms with Crippen molar-refractivity contribution in [3.05, 3.63) is 47.9 Å². The second kappa shape index (κ2) is 9.35. The van der Waals surface area contributed by atoms with Crippen molar-refractivity contribution in [1.82, 2.24) is 29.7 Å². The van der Waals surface area contributed by atoms with Crippen molar-refractivity contribution in [3.63, 3.8) is 0 Å². The molecule has 9 nitrogen and oxygen atoms in total. The van der Waals surface area contributed by atoms with Crippen LogP contribution >= 0.6 is 0 Å². The molecule has 0 radical (unpaired) electrons.